The molecule has 0 aliphatic rings. The highest BCUT2D eigenvalue weighted by atomic mass is 32.1. The molecule has 0 radical (unpaired) electrons. The Balaban J connectivity index is 2.17. The molecule has 1 atom stereocenters. The van der Waals surface area contributed by atoms with E-state index in [1.807, 2.05) is 45.9 Å². The molecule has 6 heteroatoms. The average molecular weight is 333 g/mol. The molecule has 0 aliphatic heterocycles. The van der Waals surface area contributed by atoms with E-state index in [-0.39, 0.29) is 12.1 Å². The Bertz CT molecular complexity index is 712. The number of aryl methyl sites for hydroxylation is 3. The van der Waals surface area contributed by atoms with Gasteiger partial charge in [-0.25, -0.2) is 9.78 Å². The summed E-state index contributed by atoms with van der Waals surface area (Å²) in [6.45, 7) is 7.97. The van der Waals surface area contributed by atoms with Gasteiger partial charge in [-0.3, -0.25) is 0 Å². The molecule has 2 aromatic rings. The van der Waals surface area contributed by atoms with Gasteiger partial charge in [-0.1, -0.05) is 6.07 Å². The van der Waals surface area contributed by atoms with Crippen LogP contribution in [0.15, 0.2) is 18.2 Å². The van der Waals surface area contributed by atoms with E-state index in [9.17, 15) is 4.79 Å². The van der Waals surface area contributed by atoms with Gasteiger partial charge in [0.2, 0.25) is 0 Å². The molecule has 2 amide bonds. The van der Waals surface area contributed by atoms with Crippen molar-refractivity contribution in [2.45, 2.75) is 33.7 Å². The number of benzene rings is 1. The molecule has 1 heterocycles. The summed E-state index contributed by atoms with van der Waals surface area (Å²) >= 11 is 1.65. The van der Waals surface area contributed by atoms with Crippen LogP contribution < -0.4 is 10.1 Å². The molecule has 1 aromatic carbocycles. The molecular formula is C17H23N3O2S. The van der Waals surface area contributed by atoms with E-state index < -0.39 is 0 Å². The zero-order valence-corrected chi connectivity index (χ0v) is 15.2. The van der Waals surface area contributed by atoms with Crippen LogP contribution in [0.1, 0.15) is 34.1 Å². The maximum atomic E-state index is 12.6. The molecule has 0 fully saturated rings. The number of aromatic nitrogens is 1. The second kappa shape index (κ2) is 7.00. The van der Waals surface area contributed by atoms with E-state index in [1.165, 1.54) is 0 Å². The van der Waals surface area contributed by atoms with Crippen LogP contribution in [0.4, 0.5) is 10.5 Å². The van der Waals surface area contributed by atoms with E-state index in [0.717, 1.165) is 21.1 Å². The van der Waals surface area contributed by atoms with Gasteiger partial charge in [-0.15, -0.1) is 11.3 Å². The smallest absolute Gasteiger partial charge is 0.322 e. The fourth-order valence-electron chi connectivity index (χ4n) is 2.41. The number of hydrogen-bond acceptors (Lipinski definition) is 4. The summed E-state index contributed by atoms with van der Waals surface area (Å²) in [5.74, 6) is 0.644. The summed E-state index contributed by atoms with van der Waals surface area (Å²) in [7, 11) is 3.37. The first-order valence-electron chi connectivity index (χ1n) is 7.46. The first kappa shape index (κ1) is 17.3. The van der Waals surface area contributed by atoms with Crippen LogP contribution in [-0.2, 0) is 0 Å². The van der Waals surface area contributed by atoms with Gasteiger partial charge in [0.15, 0.2) is 0 Å². The molecule has 0 spiro atoms. The number of anilines is 1. The Morgan fingerprint density at radius 2 is 2.04 bits per heavy atom. The summed E-state index contributed by atoms with van der Waals surface area (Å²) in [5, 5.41) is 3.93. The van der Waals surface area contributed by atoms with Gasteiger partial charge in [-0.05, 0) is 45.4 Å². The number of nitrogens with one attached hydrogen (secondary N) is 1. The fraction of sp³-hybridized carbons (Fsp3) is 0.412. The second-order valence-electron chi connectivity index (χ2n) is 5.60. The molecule has 0 aliphatic carbocycles. The highest BCUT2D eigenvalue weighted by Gasteiger charge is 2.22. The first-order valence-corrected chi connectivity index (χ1v) is 8.27. The highest BCUT2D eigenvalue weighted by Crippen LogP contribution is 2.28. The minimum absolute atomic E-state index is 0.101. The number of urea groups is 1. The summed E-state index contributed by atoms with van der Waals surface area (Å²) in [5.41, 5.74) is 2.67. The number of amides is 2. The van der Waals surface area contributed by atoms with Gasteiger partial charge in [0, 0.05) is 11.9 Å². The Morgan fingerprint density at radius 1 is 1.35 bits per heavy atom. The molecule has 2 rings (SSSR count). The lowest BCUT2D eigenvalue weighted by atomic mass is 10.2. The van der Waals surface area contributed by atoms with Crippen LogP contribution in [0.3, 0.4) is 0 Å². The lowest BCUT2D eigenvalue weighted by molar-refractivity contribution is 0.207. The number of thiazole rings is 1. The number of carbonyl (C=O) groups excluding carboxylic acids is 1. The van der Waals surface area contributed by atoms with Crippen molar-refractivity contribution >= 4 is 23.1 Å². The number of methoxy groups -OCH3 is 1. The first-order chi connectivity index (χ1) is 10.8. The fourth-order valence-corrected chi connectivity index (χ4v) is 3.32. The Hall–Kier alpha value is -2.08. The van der Waals surface area contributed by atoms with Crippen molar-refractivity contribution in [1.82, 2.24) is 9.88 Å². The Labute approximate surface area is 141 Å². The zero-order chi connectivity index (χ0) is 17.1. The van der Waals surface area contributed by atoms with Gasteiger partial charge in [-0.2, -0.15) is 0 Å². The third-order valence-electron chi connectivity index (χ3n) is 3.83. The van der Waals surface area contributed by atoms with Crippen molar-refractivity contribution in [3.05, 3.63) is 39.3 Å². The van der Waals surface area contributed by atoms with Crippen molar-refractivity contribution in [3.63, 3.8) is 0 Å². The zero-order valence-electron chi connectivity index (χ0n) is 14.4. The quantitative estimate of drug-likeness (QED) is 0.907. The number of nitrogens with zero attached hydrogens (tertiary/aromatic N) is 2. The summed E-state index contributed by atoms with van der Waals surface area (Å²) < 4.78 is 5.30. The summed E-state index contributed by atoms with van der Waals surface area (Å²) in [4.78, 5) is 19.9. The third-order valence-corrected chi connectivity index (χ3v) is 4.74. The van der Waals surface area contributed by atoms with E-state index in [2.05, 4.69) is 10.3 Å². The molecule has 0 saturated heterocycles. The van der Waals surface area contributed by atoms with Crippen LogP contribution in [0.5, 0.6) is 5.75 Å². The average Bonchev–Trinajstić information content (AvgIpc) is 2.84. The molecule has 1 aromatic heterocycles. The maximum Gasteiger partial charge on any atom is 0.322 e. The van der Waals surface area contributed by atoms with Crippen molar-refractivity contribution in [3.8, 4) is 5.75 Å². The van der Waals surface area contributed by atoms with Crippen LogP contribution >= 0.6 is 11.3 Å². The second-order valence-corrected chi connectivity index (χ2v) is 7.00. The number of carbonyl (C=O) groups is 1. The molecule has 0 unspecified atom stereocenters. The molecule has 1 N–H and O–H groups in total. The predicted octanol–water partition coefficient (Wildman–Crippen LogP) is 4.30. The van der Waals surface area contributed by atoms with Gasteiger partial charge in [0.1, 0.15) is 5.75 Å². The Morgan fingerprint density at radius 3 is 2.61 bits per heavy atom. The molecule has 5 nitrogen and oxygen atoms in total. The minimum atomic E-state index is -0.188. The van der Waals surface area contributed by atoms with E-state index in [1.54, 1.807) is 30.4 Å². The van der Waals surface area contributed by atoms with Gasteiger partial charge in [0.05, 0.1) is 29.5 Å². The molecule has 0 bridgehead atoms. The maximum absolute atomic E-state index is 12.6. The molecule has 0 saturated carbocycles. The predicted molar refractivity (Wildman–Crippen MR) is 94.5 cm³/mol. The van der Waals surface area contributed by atoms with Crippen LogP contribution in [0.25, 0.3) is 0 Å². The number of ether oxygens (including phenoxy) is 1. The van der Waals surface area contributed by atoms with Crippen LogP contribution in [0.2, 0.25) is 0 Å². The van der Waals surface area contributed by atoms with Gasteiger partial charge >= 0.3 is 6.03 Å². The lowest BCUT2D eigenvalue weighted by Gasteiger charge is -2.25. The summed E-state index contributed by atoms with van der Waals surface area (Å²) in [6, 6.07) is 5.40. The normalized spacial score (nSPS) is 11.9. The van der Waals surface area contributed by atoms with E-state index in [0.29, 0.717) is 11.4 Å². The number of hydrogen-bond donors (Lipinski definition) is 1. The largest absolute Gasteiger partial charge is 0.495 e. The molecular weight excluding hydrogens is 310 g/mol. The third kappa shape index (κ3) is 3.82. The van der Waals surface area contributed by atoms with Crippen LogP contribution in [-0.4, -0.2) is 30.1 Å². The van der Waals surface area contributed by atoms with Crippen molar-refractivity contribution < 1.29 is 9.53 Å². The van der Waals surface area contributed by atoms with Crippen molar-refractivity contribution in [2.75, 3.05) is 19.5 Å². The monoisotopic (exact) mass is 333 g/mol. The van der Waals surface area contributed by atoms with Crippen LogP contribution in [0, 0.1) is 20.8 Å². The molecule has 124 valence electrons. The van der Waals surface area contributed by atoms with Gasteiger partial charge < -0.3 is 15.0 Å². The molecule has 23 heavy (non-hydrogen) atoms. The summed E-state index contributed by atoms with van der Waals surface area (Å²) in [6.07, 6.45) is 0. The SMILES string of the molecule is COc1ccc(C)cc1NC(=O)N(C)[C@@H](C)c1nc(C)sc1C. The topological polar surface area (TPSA) is 54.5 Å². The number of rotatable bonds is 4. The highest BCUT2D eigenvalue weighted by molar-refractivity contribution is 7.11. The lowest BCUT2D eigenvalue weighted by Crippen LogP contribution is -2.34. The standard InChI is InChI=1S/C17H23N3O2S/c1-10-7-8-15(22-6)14(9-10)19-17(21)20(5)11(2)16-12(3)23-13(4)18-16/h7-9,11H,1-6H3,(H,19,21)/t11-/m0/s1. The van der Waals surface area contributed by atoms with Crippen molar-refractivity contribution in [1.29, 1.82) is 0 Å². The van der Waals surface area contributed by atoms with E-state index in [4.69, 9.17) is 4.74 Å². The minimum Gasteiger partial charge on any atom is -0.495 e. The van der Waals surface area contributed by atoms with E-state index >= 15 is 0 Å². The van der Waals surface area contributed by atoms with Gasteiger partial charge in [0.25, 0.3) is 0 Å². The Kier molecular flexibility index (Phi) is 5.26. The van der Waals surface area contributed by atoms with Crippen molar-refractivity contribution in [2.24, 2.45) is 0 Å².